The zero-order valence-electron chi connectivity index (χ0n) is 11.0. The molecular weight excluding hydrogens is 284 g/mol. The number of hydrogen-bond acceptors (Lipinski definition) is 5. The van der Waals surface area contributed by atoms with Gasteiger partial charge in [-0.2, -0.15) is 4.31 Å². The number of hydrogen-bond donors (Lipinski definition) is 1. The molecule has 1 unspecified atom stereocenters. The normalized spacial score (nSPS) is 20.6. The number of aromatic amines is 1. The summed E-state index contributed by atoms with van der Waals surface area (Å²) in [6, 6.07) is 2.42. The number of sulfonamides is 1. The van der Waals surface area contributed by atoms with E-state index in [-0.39, 0.29) is 17.0 Å². The average Bonchev–Trinajstić information content (AvgIpc) is 2.47. The van der Waals surface area contributed by atoms with Crippen molar-refractivity contribution in [2.75, 3.05) is 20.2 Å². The number of methoxy groups -OCH3 is 1. The molecule has 1 aromatic rings. The molecule has 1 N–H and O–H groups in total. The van der Waals surface area contributed by atoms with Gasteiger partial charge < -0.3 is 9.72 Å². The minimum atomic E-state index is -3.70. The van der Waals surface area contributed by atoms with Gasteiger partial charge in [-0.3, -0.25) is 9.59 Å². The van der Waals surface area contributed by atoms with Crippen LogP contribution in [-0.2, 0) is 19.6 Å². The topological polar surface area (TPSA) is 96.5 Å². The van der Waals surface area contributed by atoms with E-state index in [1.54, 1.807) is 0 Å². The van der Waals surface area contributed by atoms with Gasteiger partial charge in [-0.25, -0.2) is 8.42 Å². The van der Waals surface area contributed by atoms with Gasteiger partial charge in [-0.1, -0.05) is 0 Å². The fraction of sp³-hybridized carbons (Fsp3) is 0.500. The number of carbonyl (C=O) groups is 1. The molecule has 1 atom stereocenters. The molecule has 8 heteroatoms. The molecule has 1 aromatic heterocycles. The van der Waals surface area contributed by atoms with Crippen molar-refractivity contribution in [3.8, 4) is 0 Å². The Morgan fingerprint density at radius 1 is 1.45 bits per heavy atom. The van der Waals surface area contributed by atoms with Gasteiger partial charge in [0.05, 0.1) is 17.9 Å². The largest absolute Gasteiger partial charge is 0.469 e. The number of esters is 1. The van der Waals surface area contributed by atoms with E-state index < -0.39 is 21.9 Å². The van der Waals surface area contributed by atoms with Crippen molar-refractivity contribution >= 4 is 16.0 Å². The number of H-pyrrole nitrogens is 1. The zero-order chi connectivity index (χ0) is 14.8. The van der Waals surface area contributed by atoms with E-state index in [4.69, 9.17) is 0 Å². The highest BCUT2D eigenvalue weighted by atomic mass is 32.2. The van der Waals surface area contributed by atoms with E-state index in [2.05, 4.69) is 9.72 Å². The quantitative estimate of drug-likeness (QED) is 0.789. The highest BCUT2D eigenvalue weighted by molar-refractivity contribution is 7.89. The number of nitrogens with zero attached hydrogens (tertiary/aromatic N) is 1. The molecule has 7 nitrogen and oxygen atoms in total. The molecule has 2 rings (SSSR count). The van der Waals surface area contributed by atoms with Crippen molar-refractivity contribution in [1.82, 2.24) is 9.29 Å². The van der Waals surface area contributed by atoms with E-state index >= 15 is 0 Å². The van der Waals surface area contributed by atoms with Crippen LogP contribution in [0.4, 0.5) is 0 Å². The second kappa shape index (κ2) is 5.76. The Kier molecular flexibility index (Phi) is 4.24. The van der Waals surface area contributed by atoms with E-state index in [9.17, 15) is 18.0 Å². The van der Waals surface area contributed by atoms with Crippen LogP contribution in [0.15, 0.2) is 28.0 Å². The monoisotopic (exact) mass is 300 g/mol. The number of carbonyl (C=O) groups excluding carboxylic acids is 1. The lowest BCUT2D eigenvalue weighted by Gasteiger charge is -2.30. The van der Waals surface area contributed by atoms with Crippen LogP contribution in [0, 0.1) is 5.92 Å². The molecule has 1 fully saturated rings. The molecule has 20 heavy (non-hydrogen) atoms. The molecule has 1 aliphatic heterocycles. The first-order valence-corrected chi connectivity index (χ1v) is 7.66. The number of nitrogens with one attached hydrogen (secondary N) is 1. The van der Waals surface area contributed by atoms with Gasteiger partial charge in [0.15, 0.2) is 0 Å². The molecule has 0 radical (unpaired) electrons. The minimum Gasteiger partial charge on any atom is -0.469 e. The first-order valence-electron chi connectivity index (χ1n) is 6.22. The van der Waals surface area contributed by atoms with Crippen molar-refractivity contribution < 1.29 is 17.9 Å². The van der Waals surface area contributed by atoms with Crippen molar-refractivity contribution in [2.45, 2.75) is 17.7 Å². The SMILES string of the molecule is COC(=O)C1CCCN(S(=O)(=O)c2ccc(=O)[nH]c2)C1. The molecule has 0 aliphatic carbocycles. The molecular formula is C12H16N2O5S. The first kappa shape index (κ1) is 14.7. The summed E-state index contributed by atoms with van der Waals surface area (Å²) in [6.07, 6.45) is 2.38. The van der Waals surface area contributed by atoms with E-state index in [1.165, 1.54) is 23.7 Å². The van der Waals surface area contributed by atoms with E-state index in [0.717, 1.165) is 6.07 Å². The molecule has 110 valence electrons. The Hall–Kier alpha value is -1.67. The van der Waals surface area contributed by atoms with Crippen molar-refractivity contribution in [2.24, 2.45) is 5.92 Å². The molecule has 1 aliphatic rings. The van der Waals surface area contributed by atoms with Crippen molar-refractivity contribution in [3.05, 3.63) is 28.7 Å². The number of ether oxygens (including phenoxy) is 1. The predicted octanol–water partition coefficient (Wildman–Crippen LogP) is -0.0514. The van der Waals surface area contributed by atoms with Crippen LogP contribution in [0.1, 0.15) is 12.8 Å². The third-order valence-corrected chi connectivity index (χ3v) is 5.17. The molecule has 2 heterocycles. The highest BCUT2D eigenvalue weighted by Gasteiger charge is 2.33. The summed E-state index contributed by atoms with van der Waals surface area (Å²) in [5.74, 6) is -0.836. The average molecular weight is 300 g/mol. The van der Waals surface area contributed by atoms with Crippen LogP contribution < -0.4 is 5.56 Å². The summed E-state index contributed by atoms with van der Waals surface area (Å²) < 4.78 is 30.7. The Labute approximate surface area is 116 Å². The van der Waals surface area contributed by atoms with Gasteiger partial charge in [0.2, 0.25) is 15.6 Å². The Morgan fingerprint density at radius 3 is 2.80 bits per heavy atom. The second-order valence-corrected chi connectivity index (χ2v) is 6.55. The summed E-state index contributed by atoms with van der Waals surface area (Å²) >= 11 is 0. The molecule has 0 bridgehead atoms. The number of rotatable bonds is 3. The van der Waals surface area contributed by atoms with Gasteiger partial charge in [0.25, 0.3) is 0 Å². The summed E-state index contributed by atoms with van der Waals surface area (Å²) in [6.45, 7) is 0.461. The molecule has 0 amide bonds. The van der Waals surface area contributed by atoms with Crippen LogP contribution in [0.2, 0.25) is 0 Å². The second-order valence-electron chi connectivity index (χ2n) is 4.61. The van der Waals surface area contributed by atoms with Crippen molar-refractivity contribution in [1.29, 1.82) is 0 Å². The Morgan fingerprint density at radius 2 is 2.20 bits per heavy atom. The molecule has 0 aromatic carbocycles. The fourth-order valence-corrected chi connectivity index (χ4v) is 3.72. The first-order chi connectivity index (χ1) is 9.45. The summed E-state index contributed by atoms with van der Waals surface area (Å²) in [5.41, 5.74) is -0.366. The van der Waals surface area contributed by atoms with Gasteiger partial charge in [-0.05, 0) is 18.9 Å². The maximum absolute atomic E-state index is 12.4. The third-order valence-electron chi connectivity index (χ3n) is 3.31. The van der Waals surface area contributed by atoms with Gasteiger partial charge in [0.1, 0.15) is 0 Å². The van der Waals surface area contributed by atoms with Crippen LogP contribution in [0.5, 0.6) is 0 Å². The Bertz CT molecular complexity index is 632. The third kappa shape index (κ3) is 2.91. The maximum atomic E-state index is 12.4. The van der Waals surface area contributed by atoms with Crippen LogP contribution >= 0.6 is 0 Å². The smallest absolute Gasteiger partial charge is 0.309 e. The van der Waals surface area contributed by atoms with E-state index in [1.807, 2.05) is 0 Å². The number of aromatic nitrogens is 1. The lowest BCUT2D eigenvalue weighted by Crippen LogP contribution is -2.42. The molecule has 0 saturated carbocycles. The highest BCUT2D eigenvalue weighted by Crippen LogP contribution is 2.23. The van der Waals surface area contributed by atoms with Gasteiger partial charge >= 0.3 is 5.97 Å². The predicted molar refractivity (Wildman–Crippen MR) is 70.6 cm³/mol. The summed E-state index contributed by atoms with van der Waals surface area (Å²) in [5, 5.41) is 0. The lowest BCUT2D eigenvalue weighted by atomic mass is 10.0. The van der Waals surface area contributed by atoms with Gasteiger partial charge in [-0.15, -0.1) is 0 Å². The summed E-state index contributed by atoms with van der Waals surface area (Å²) in [7, 11) is -2.41. The summed E-state index contributed by atoms with van der Waals surface area (Å²) in [4.78, 5) is 24.9. The maximum Gasteiger partial charge on any atom is 0.309 e. The van der Waals surface area contributed by atoms with Crippen LogP contribution in [0.25, 0.3) is 0 Å². The van der Waals surface area contributed by atoms with Gasteiger partial charge in [0, 0.05) is 25.4 Å². The minimum absolute atomic E-state index is 0.0163. The van der Waals surface area contributed by atoms with E-state index in [0.29, 0.717) is 19.4 Å². The lowest BCUT2D eigenvalue weighted by molar-refractivity contribution is -0.146. The number of pyridine rings is 1. The Balaban J connectivity index is 2.23. The standard InChI is InChI=1S/C12H16N2O5S/c1-19-12(16)9-3-2-6-14(8-9)20(17,18)10-4-5-11(15)13-7-10/h4-5,7,9H,2-3,6,8H2,1H3,(H,13,15). The van der Waals surface area contributed by atoms with Crippen LogP contribution in [0.3, 0.4) is 0 Å². The molecule has 1 saturated heterocycles. The fourth-order valence-electron chi connectivity index (χ4n) is 2.23. The van der Waals surface area contributed by atoms with Crippen LogP contribution in [-0.4, -0.2) is 43.9 Å². The number of piperidine rings is 1. The zero-order valence-corrected chi connectivity index (χ0v) is 11.9. The molecule has 0 spiro atoms. The van der Waals surface area contributed by atoms with Crippen molar-refractivity contribution in [3.63, 3.8) is 0 Å².